The molecule has 1 aromatic rings. The van der Waals surface area contributed by atoms with E-state index in [1.54, 1.807) is 7.05 Å². The lowest BCUT2D eigenvalue weighted by Crippen LogP contribution is -2.48. The summed E-state index contributed by atoms with van der Waals surface area (Å²) in [7, 11) is 5.80. The molecule has 0 aliphatic heterocycles. The van der Waals surface area contributed by atoms with E-state index in [4.69, 9.17) is 0 Å². The van der Waals surface area contributed by atoms with E-state index < -0.39 is 0 Å². The summed E-state index contributed by atoms with van der Waals surface area (Å²) in [4.78, 5) is 18.1. The number of guanidine groups is 1. The minimum atomic E-state index is -0.234. The molecule has 1 rings (SSSR count). The molecule has 0 aliphatic carbocycles. The van der Waals surface area contributed by atoms with Crippen LogP contribution in [0.1, 0.15) is 31.9 Å². The molecule has 0 saturated carbocycles. The maximum atomic E-state index is 11.8. The van der Waals surface area contributed by atoms with Crippen molar-refractivity contribution in [3.63, 3.8) is 0 Å². The zero-order chi connectivity index (χ0) is 18.2. The Bertz CT molecular complexity index is 561. The highest BCUT2D eigenvalue weighted by Gasteiger charge is 2.13. The first-order chi connectivity index (χ1) is 11.2. The van der Waals surface area contributed by atoms with Crippen LogP contribution in [0.15, 0.2) is 29.3 Å². The molecule has 0 heterocycles. The summed E-state index contributed by atoms with van der Waals surface area (Å²) in [5.41, 5.74) is 2.21. The molecule has 6 heteroatoms. The van der Waals surface area contributed by atoms with Crippen molar-refractivity contribution in [2.45, 2.75) is 39.4 Å². The van der Waals surface area contributed by atoms with Gasteiger partial charge in [-0.05, 0) is 46.0 Å². The van der Waals surface area contributed by atoms with Gasteiger partial charge in [0.05, 0.1) is 6.54 Å². The van der Waals surface area contributed by atoms with Gasteiger partial charge >= 0.3 is 0 Å². The van der Waals surface area contributed by atoms with Gasteiger partial charge in [-0.25, -0.2) is 0 Å². The Hall–Kier alpha value is -2.08. The molecule has 0 saturated heterocycles. The van der Waals surface area contributed by atoms with Crippen molar-refractivity contribution in [3.05, 3.63) is 35.4 Å². The highest BCUT2D eigenvalue weighted by atomic mass is 16.2. The van der Waals surface area contributed by atoms with Gasteiger partial charge in [0, 0.05) is 25.7 Å². The first-order valence-corrected chi connectivity index (χ1v) is 8.17. The molecular weight excluding hydrogens is 302 g/mol. The van der Waals surface area contributed by atoms with Crippen LogP contribution in [0.25, 0.3) is 0 Å². The maximum Gasteiger partial charge on any atom is 0.239 e. The molecule has 1 aromatic carbocycles. The third-order valence-electron chi connectivity index (χ3n) is 3.10. The van der Waals surface area contributed by atoms with Gasteiger partial charge in [-0.3, -0.25) is 9.79 Å². The SMILES string of the molecule is CN=C(NCC(=O)NC(C)(C)C)NCc1cccc(CN(C)C)c1. The molecule has 134 valence electrons. The van der Waals surface area contributed by atoms with E-state index in [1.807, 2.05) is 20.8 Å². The Labute approximate surface area is 145 Å². The first kappa shape index (κ1) is 20.0. The Kier molecular flexibility index (Phi) is 7.71. The number of carbonyl (C=O) groups is 1. The molecule has 3 N–H and O–H groups in total. The van der Waals surface area contributed by atoms with Gasteiger partial charge in [0.15, 0.2) is 5.96 Å². The molecule has 1 amide bonds. The van der Waals surface area contributed by atoms with Crippen molar-refractivity contribution in [2.75, 3.05) is 27.7 Å². The molecule has 0 radical (unpaired) electrons. The second-order valence-electron chi connectivity index (χ2n) is 7.14. The molecule has 0 fully saturated rings. The largest absolute Gasteiger partial charge is 0.352 e. The molecule has 24 heavy (non-hydrogen) atoms. The summed E-state index contributed by atoms with van der Waals surface area (Å²) in [5.74, 6) is 0.551. The molecule has 0 spiro atoms. The number of hydrogen-bond acceptors (Lipinski definition) is 3. The summed E-state index contributed by atoms with van der Waals surface area (Å²) in [6.45, 7) is 7.63. The first-order valence-electron chi connectivity index (χ1n) is 8.17. The third-order valence-corrected chi connectivity index (χ3v) is 3.10. The molecule has 6 nitrogen and oxygen atoms in total. The second-order valence-corrected chi connectivity index (χ2v) is 7.14. The van der Waals surface area contributed by atoms with E-state index in [0.717, 1.165) is 6.54 Å². The predicted octanol–water partition coefficient (Wildman–Crippen LogP) is 1.33. The Morgan fingerprint density at radius 3 is 2.42 bits per heavy atom. The summed E-state index contributed by atoms with van der Waals surface area (Å²) >= 11 is 0. The lowest BCUT2D eigenvalue weighted by Gasteiger charge is -2.21. The fourth-order valence-electron chi connectivity index (χ4n) is 2.24. The van der Waals surface area contributed by atoms with Gasteiger partial charge in [0.25, 0.3) is 0 Å². The number of carbonyl (C=O) groups excluding carboxylic acids is 1. The summed E-state index contributed by atoms with van der Waals surface area (Å²) in [5, 5.41) is 9.17. The topological polar surface area (TPSA) is 68.8 Å². The normalized spacial score (nSPS) is 12.2. The minimum absolute atomic E-state index is 0.0570. The molecule has 0 aromatic heterocycles. The molecule has 0 aliphatic rings. The highest BCUT2D eigenvalue weighted by molar-refractivity contribution is 5.86. The lowest BCUT2D eigenvalue weighted by atomic mass is 10.1. The fraction of sp³-hybridized carbons (Fsp3) is 0.556. The highest BCUT2D eigenvalue weighted by Crippen LogP contribution is 2.06. The molecule has 0 bridgehead atoms. The van der Waals surface area contributed by atoms with Crippen LogP contribution in [-0.2, 0) is 17.9 Å². The van der Waals surface area contributed by atoms with E-state index in [1.165, 1.54) is 11.1 Å². The quantitative estimate of drug-likeness (QED) is 0.543. The van der Waals surface area contributed by atoms with Crippen LogP contribution in [0.2, 0.25) is 0 Å². The van der Waals surface area contributed by atoms with Crippen molar-refractivity contribution in [1.82, 2.24) is 20.9 Å². The number of hydrogen-bond donors (Lipinski definition) is 3. The van der Waals surface area contributed by atoms with Crippen LogP contribution in [0, 0.1) is 0 Å². The zero-order valence-corrected chi connectivity index (χ0v) is 15.7. The lowest BCUT2D eigenvalue weighted by molar-refractivity contribution is -0.121. The minimum Gasteiger partial charge on any atom is -0.352 e. The third kappa shape index (κ3) is 8.53. The monoisotopic (exact) mass is 333 g/mol. The smallest absolute Gasteiger partial charge is 0.239 e. The standard InChI is InChI=1S/C18H31N5O/c1-18(2,3)22-16(24)12-21-17(19-4)20-11-14-8-7-9-15(10-14)13-23(5)6/h7-10H,11-13H2,1-6H3,(H,22,24)(H2,19,20,21). The fourth-order valence-corrected chi connectivity index (χ4v) is 2.24. The average Bonchev–Trinajstić information content (AvgIpc) is 2.45. The molecule has 0 unspecified atom stereocenters. The van der Waals surface area contributed by atoms with Crippen molar-refractivity contribution in [2.24, 2.45) is 4.99 Å². The van der Waals surface area contributed by atoms with E-state index in [-0.39, 0.29) is 18.0 Å². The van der Waals surface area contributed by atoms with E-state index in [0.29, 0.717) is 12.5 Å². The summed E-state index contributed by atoms with van der Waals surface area (Å²) < 4.78 is 0. The average molecular weight is 333 g/mol. The Morgan fingerprint density at radius 2 is 1.83 bits per heavy atom. The number of nitrogens with zero attached hydrogens (tertiary/aromatic N) is 2. The van der Waals surface area contributed by atoms with Crippen LogP contribution in [0.3, 0.4) is 0 Å². The maximum absolute atomic E-state index is 11.8. The van der Waals surface area contributed by atoms with Crippen molar-refractivity contribution >= 4 is 11.9 Å². The van der Waals surface area contributed by atoms with Crippen LogP contribution in [0.4, 0.5) is 0 Å². The van der Waals surface area contributed by atoms with Crippen LogP contribution < -0.4 is 16.0 Å². The van der Waals surface area contributed by atoms with Crippen molar-refractivity contribution in [3.8, 4) is 0 Å². The molecule has 0 atom stereocenters. The second kappa shape index (κ2) is 9.27. The van der Waals surface area contributed by atoms with Gasteiger partial charge in [0.2, 0.25) is 5.91 Å². The Balaban J connectivity index is 2.48. The van der Waals surface area contributed by atoms with Crippen LogP contribution in [0.5, 0.6) is 0 Å². The number of nitrogens with one attached hydrogen (secondary N) is 3. The van der Waals surface area contributed by atoms with Gasteiger partial charge in [-0.2, -0.15) is 0 Å². The summed E-state index contributed by atoms with van der Waals surface area (Å²) in [6.07, 6.45) is 0. The number of amides is 1. The number of benzene rings is 1. The number of rotatable bonds is 6. The van der Waals surface area contributed by atoms with Gasteiger partial charge in [-0.15, -0.1) is 0 Å². The van der Waals surface area contributed by atoms with Gasteiger partial charge in [0.1, 0.15) is 0 Å². The van der Waals surface area contributed by atoms with Gasteiger partial charge < -0.3 is 20.9 Å². The van der Waals surface area contributed by atoms with E-state index >= 15 is 0 Å². The Morgan fingerprint density at radius 1 is 1.17 bits per heavy atom. The van der Waals surface area contributed by atoms with Gasteiger partial charge in [-0.1, -0.05) is 24.3 Å². The zero-order valence-electron chi connectivity index (χ0n) is 15.7. The number of aliphatic imine (C=N–C) groups is 1. The van der Waals surface area contributed by atoms with Crippen LogP contribution >= 0.6 is 0 Å². The molecular formula is C18H31N5O. The van der Waals surface area contributed by atoms with Crippen molar-refractivity contribution in [1.29, 1.82) is 0 Å². The van der Waals surface area contributed by atoms with E-state index in [9.17, 15) is 4.79 Å². The predicted molar refractivity (Wildman–Crippen MR) is 99.9 cm³/mol. The van der Waals surface area contributed by atoms with Crippen molar-refractivity contribution < 1.29 is 4.79 Å². The summed E-state index contributed by atoms with van der Waals surface area (Å²) in [6, 6.07) is 8.43. The van der Waals surface area contributed by atoms with Crippen LogP contribution in [-0.4, -0.2) is 50.0 Å². The van der Waals surface area contributed by atoms with E-state index in [2.05, 4.69) is 64.2 Å².